The van der Waals surface area contributed by atoms with E-state index in [2.05, 4.69) is 67.8 Å². The van der Waals surface area contributed by atoms with Gasteiger partial charge in [-0.25, -0.2) is 0 Å². The number of likely N-dealkylation sites (N-methyl/N-ethyl adjacent to an activating group) is 1. The van der Waals surface area contributed by atoms with Gasteiger partial charge in [0.05, 0.1) is 39.9 Å². The highest BCUT2D eigenvalue weighted by Crippen LogP contribution is 2.38. The molecular formula is C64H121N2O6P. The fourth-order valence-electron chi connectivity index (χ4n) is 9.06. The lowest BCUT2D eigenvalue weighted by Gasteiger charge is -2.29. The highest BCUT2D eigenvalue weighted by atomic mass is 31.2. The Labute approximate surface area is 453 Å². The summed E-state index contributed by atoms with van der Waals surface area (Å²) in [6.45, 7) is 4.64. The predicted molar refractivity (Wildman–Crippen MR) is 316 cm³/mol. The summed E-state index contributed by atoms with van der Waals surface area (Å²) >= 11 is 0. The SMILES string of the molecule is CCCCCCC/C=C\C/C=C\C/C=C\CCCCCCCCCCCCCCCCCCCCC(=O)NC(COP(=O)([O-])OCC[N+](C)(C)C)C(O)/C=C/CC/C=C/CCCCCCCCCCCCCC. The molecule has 0 saturated carbocycles. The van der Waals surface area contributed by atoms with Crippen molar-refractivity contribution in [2.45, 2.75) is 302 Å². The molecule has 0 aliphatic rings. The summed E-state index contributed by atoms with van der Waals surface area (Å²) in [5.41, 5.74) is 0. The summed E-state index contributed by atoms with van der Waals surface area (Å²) in [4.78, 5) is 25.5. The van der Waals surface area contributed by atoms with Crippen LogP contribution in [0.2, 0.25) is 0 Å². The van der Waals surface area contributed by atoms with Gasteiger partial charge in [-0.1, -0.05) is 274 Å². The molecule has 0 fully saturated rings. The van der Waals surface area contributed by atoms with Gasteiger partial charge in [0, 0.05) is 6.42 Å². The van der Waals surface area contributed by atoms with Crippen LogP contribution in [0, 0.1) is 0 Å². The third-order valence-electron chi connectivity index (χ3n) is 13.9. The number of rotatable bonds is 57. The number of quaternary nitrogens is 1. The molecule has 0 rings (SSSR count). The first-order valence-corrected chi connectivity index (χ1v) is 32.6. The van der Waals surface area contributed by atoms with Crippen LogP contribution in [0.1, 0.15) is 290 Å². The van der Waals surface area contributed by atoms with Crippen molar-refractivity contribution in [1.29, 1.82) is 0 Å². The van der Waals surface area contributed by atoms with E-state index in [0.29, 0.717) is 17.4 Å². The van der Waals surface area contributed by atoms with Crippen molar-refractivity contribution >= 4 is 13.7 Å². The van der Waals surface area contributed by atoms with E-state index in [1.807, 2.05) is 27.2 Å². The second-order valence-electron chi connectivity index (χ2n) is 22.4. The molecule has 2 N–H and O–H groups in total. The van der Waals surface area contributed by atoms with Gasteiger partial charge >= 0.3 is 0 Å². The largest absolute Gasteiger partial charge is 0.756 e. The second kappa shape index (κ2) is 55.0. The van der Waals surface area contributed by atoms with Crippen molar-refractivity contribution in [3.05, 3.63) is 60.8 Å². The summed E-state index contributed by atoms with van der Waals surface area (Å²) < 4.78 is 23.4. The Hall–Kier alpha value is -1.80. The normalized spacial score (nSPS) is 14.2. The first-order chi connectivity index (χ1) is 35.5. The van der Waals surface area contributed by atoms with E-state index >= 15 is 0 Å². The molecule has 0 radical (unpaired) electrons. The van der Waals surface area contributed by atoms with Crippen LogP contribution in [0.3, 0.4) is 0 Å². The number of hydrogen-bond acceptors (Lipinski definition) is 6. The first kappa shape index (κ1) is 71.2. The van der Waals surface area contributed by atoms with E-state index in [1.165, 1.54) is 218 Å². The molecule has 73 heavy (non-hydrogen) atoms. The van der Waals surface area contributed by atoms with Gasteiger partial charge < -0.3 is 28.8 Å². The van der Waals surface area contributed by atoms with Crippen LogP contribution in [0.5, 0.6) is 0 Å². The standard InChI is InChI=1S/C64H121N2O6P/c1-6-8-10-12-14-16-18-20-22-24-26-27-28-29-30-31-32-33-34-35-36-37-38-39-40-42-44-46-48-50-52-54-56-58-64(68)65-62(61-72-73(69,70)71-60-59-66(3,4)5)63(67)57-55-53-51-49-47-45-43-41-25-23-21-19-17-15-13-11-9-7-2/h18,20,24,26,28-29,47,49,55,57,62-63,67H,6-17,19,21-23,25,27,30-46,48,50-54,56,58-61H2,1-5H3,(H-,65,68,69,70)/b20-18-,26-24-,29-28-,49-47+,57-55+. The molecule has 0 bridgehead atoms. The highest BCUT2D eigenvalue weighted by molar-refractivity contribution is 7.45. The predicted octanol–water partition coefficient (Wildman–Crippen LogP) is 18.6. The van der Waals surface area contributed by atoms with Crippen molar-refractivity contribution in [2.75, 3.05) is 40.9 Å². The zero-order valence-corrected chi connectivity index (χ0v) is 49.7. The summed E-state index contributed by atoms with van der Waals surface area (Å²) in [5, 5.41) is 13.9. The van der Waals surface area contributed by atoms with Gasteiger partial charge in [0.25, 0.3) is 7.82 Å². The van der Waals surface area contributed by atoms with E-state index < -0.39 is 26.6 Å². The topological polar surface area (TPSA) is 108 Å². The molecule has 9 heteroatoms. The lowest BCUT2D eigenvalue weighted by Crippen LogP contribution is -2.45. The van der Waals surface area contributed by atoms with E-state index in [1.54, 1.807) is 6.08 Å². The zero-order chi connectivity index (χ0) is 53.5. The van der Waals surface area contributed by atoms with Gasteiger partial charge in [-0.2, -0.15) is 0 Å². The van der Waals surface area contributed by atoms with Crippen LogP contribution in [-0.4, -0.2) is 68.5 Å². The Morgan fingerprint density at radius 2 is 0.808 bits per heavy atom. The maximum Gasteiger partial charge on any atom is 0.268 e. The third kappa shape index (κ3) is 57.7. The molecule has 0 aromatic carbocycles. The van der Waals surface area contributed by atoms with Gasteiger partial charge in [0.15, 0.2) is 0 Å². The molecule has 428 valence electrons. The quantitative estimate of drug-likeness (QED) is 0.0272. The van der Waals surface area contributed by atoms with Crippen LogP contribution in [0.25, 0.3) is 0 Å². The molecular weight excluding hydrogens is 924 g/mol. The number of phosphoric acid groups is 1. The Kier molecular flexibility index (Phi) is 53.6. The molecule has 3 atom stereocenters. The van der Waals surface area contributed by atoms with E-state index in [-0.39, 0.29) is 12.5 Å². The lowest BCUT2D eigenvalue weighted by atomic mass is 10.0. The van der Waals surface area contributed by atoms with Gasteiger partial charge in [-0.3, -0.25) is 9.36 Å². The first-order valence-electron chi connectivity index (χ1n) is 31.2. The average Bonchev–Trinajstić information content (AvgIpc) is 3.35. The zero-order valence-electron chi connectivity index (χ0n) is 48.8. The number of carbonyl (C=O) groups is 1. The molecule has 0 aliphatic carbocycles. The molecule has 8 nitrogen and oxygen atoms in total. The number of aliphatic hydroxyl groups excluding tert-OH is 1. The summed E-state index contributed by atoms with van der Waals surface area (Å²) in [5.74, 6) is -0.205. The lowest BCUT2D eigenvalue weighted by molar-refractivity contribution is -0.870. The number of amides is 1. The Morgan fingerprint density at radius 1 is 0.479 bits per heavy atom. The Morgan fingerprint density at radius 3 is 1.21 bits per heavy atom. The van der Waals surface area contributed by atoms with Crippen molar-refractivity contribution in [3.63, 3.8) is 0 Å². The number of allylic oxidation sites excluding steroid dienone is 9. The number of hydrogen-bond donors (Lipinski definition) is 2. The number of carbonyl (C=O) groups excluding carboxylic acids is 1. The van der Waals surface area contributed by atoms with Crippen LogP contribution < -0.4 is 10.2 Å². The number of phosphoric ester groups is 1. The Bertz CT molecular complexity index is 1370. The molecule has 0 aromatic heterocycles. The van der Waals surface area contributed by atoms with Crippen LogP contribution in [0.15, 0.2) is 60.8 Å². The second-order valence-corrected chi connectivity index (χ2v) is 23.8. The summed E-state index contributed by atoms with van der Waals surface area (Å²) in [6, 6.07) is -0.904. The van der Waals surface area contributed by atoms with Gasteiger partial charge in [-0.05, 0) is 70.6 Å². The monoisotopic (exact) mass is 1040 g/mol. The van der Waals surface area contributed by atoms with Crippen molar-refractivity contribution < 1.29 is 32.9 Å². The van der Waals surface area contributed by atoms with Crippen LogP contribution in [-0.2, 0) is 18.4 Å². The van der Waals surface area contributed by atoms with Gasteiger partial charge in [-0.15, -0.1) is 0 Å². The number of nitrogens with one attached hydrogen (secondary N) is 1. The minimum absolute atomic E-state index is 0.00655. The average molecular weight is 1050 g/mol. The van der Waals surface area contributed by atoms with Gasteiger partial charge in [0.2, 0.25) is 5.91 Å². The van der Waals surface area contributed by atoms with E-state index in [0.717, 1.165) is 51.4 Å². The molecule has 0 saturated heterocycles. The maximum absolute atomic E-state index is 13.0. The Balaban J connectivity index is 4.09. The summed E-state index contributed by atoms with van der Waals surface area (Å²) in [6.07, 6.45) is 74.6. The molecule has 1 amide bonds. The number of nitrogens with zero attached hydrogens (tertiary/aromatic N) is 1. The fourth-order valence-corrected chi connectivity index (χ4v) is 9.78. The molecule has 0 aliphatic heterocycles. The molecule has 0 heterocycles. The molecule has 0 aromatic rings. The minimum atomic E-state index is -4.61. The maximum atomic E-state index is 13.0. The minimum Gasteiger partial charge on any atom is -0.756 e. The highest BCUT2D eigenvalue weighted by Gasteiger charge is 2.23. The number of aliphatic hydroxyl groups is 1. The van der Waals surface area contributed by atoms with E-state index in [4.69, 9.17) is 9.05 Å². The summed E-state index contributed by atoms with van der Waals surface area (Å²) in [7, 11) is 1.25. The van der Waals surface area contributed by atoms with Crippen molar-refractivity contribution in [1.82, 2.24) is 5.32 Å². The van der Waals surface area contributed by atoms with Crippen LogP contribution in [0.4, 0.5) is 0 Å². The third-order valence-corrected chi connectivity index (χ3v) is 14.9. The van der Waals surface area contributed by atoms with E-state index in [9.17, 15) is 19.4 Å². The van der Waals surface area contributed by atoms with Crippen molar-refractivity contribution in [3.8, 4) is 0 Å². The van der Waals surface area contributed by atoms with Crippen molar-refractivity contribution in [2.24, 2.45) is 0 Å². The van der Waals surface area contributed by atoms with Crippen LogP contribution >= 0.6 is 7.82 Å². The number of unbranched alkanes of at least 4 members (excludes halogenated alkanes) is 36. The molecule has 3 unspecified atom stereocenters. The molecule has 0 spiro atoms. The fraction of sp³-hybridized carbons (Fsp3) is 0.828. The smallest absolute Gasteiger partial charge is 0.268 e. The van der Waals surface area contributed by atoms with Gasteiger partial charge in [0.1, 0.15) is 13.2 Å².